The van der Waals surface area contributed by atoms with Crippen LogP contribution in [-0.2, 0) is 13.0 Å². The molecule has 0 spiro atoms. The lowest BCUT2D eigenvalue weighted by Crippen LogP contribution is -2.30. The number of piperidine rings is 1. The molecule has 0 bridgehead atoms. The molecule has 1 saturated heterocycles. The standard InChI is InChI=1S/C14H19ClN4/c1-2-13-18-12-7-11(15)8-17-14(12)19(13)9-10-3-5-16-6-4-10/h7-8,10,16H,2-6,9H2,1H3. The minimum atomic E-state index is 0.654. The summed E-state index contributed by atoms with van der Waals surface area (Å²) >= 11 is 6.00. The van der Waals surface area contributed by atoms with E-state index in [9.17, 15) is 0 Å². The van der Waals surface area contributed by atoms with Crippen molar-refractivity contribution in [3.8, 4) is 0 Å². The van der Waals surface area contributed by atoms with Gasteiger partial charge in [-0.05, 0) is 37.9 Å². The molecule has 1 fully saturated rings. The first-order chi connectivity index (χ1) is 9.28. The van der Waals surface area contributed by atoms with E-state index < -0.39 is 0 Å². The summed E-state index contributed by atoms with van der Waals surface area (Å²) in [5, 5.41) is 4.06. The van der Waals surface area contributed by atoms with Crippen molar-refractivity contribution in [3.05, 3.63) is 23.1 Å². The Balaban J connectivity index is 1.95. The van der Waals surface area contributed by atoms with Crippen molar-refractivity contribution in [1.29, 1.82) is 0 Å². The first-order valence-electron chi connectivity index (χ1n) is 6.99. The number of aromatic nitrogens is 3. The maximum atomic E-state index is 6.00. The molecule has 19 heavy (non-hydrogen) atoms. The van der Waals surface area contributed by atoms with Crippen molar-refractivity contribution in [2.75, 3.05) is 13.1 Å². The van der Waals surface area contributed by atoms with Crippen LogP contribution in [0.15, 0.2) is 12.3 Å². The highest BCUT2D eigenvalue weighted by Gasteiger charge is 2.18. The number of rotatable bonds is 3. The molecule has 0 radical (unpaired) electrons. The normalized spacial score (nSPS) is 17.2. The molecule has 0 unspecified atom stereocenters. The summed E-state index contributed by atoms with van der Waals surface area (Å²) in [6.45, 7) is 5.41. The molecule has 2 aromatic rings. The van der Waals surface area contributed by atoms with Crippen LogP contribution in [0.1, 0.15) is 25.6 Å². The maximum Gasteiger partial charge on any atom is 0.160 e. The van der Waals surface area contributed by atoms with E-state index in [1.165, 1.54) is 12.8 Å². The molecular weight excluding hydrogens is 260 g/mol. The third kappa shape index (κ3) is 2.60. The van der Waals surface area contributed by atoms with E-state index in [-0.39, 0.29) is 0 Å². The van der Waals surface area contributed by atoms with Gasteiger partial charge in [0.15, 0.2) is 5.65 Å². The molecule has 1 aliphatic heterocycles. The molecule has 4 nitrogen and oxygen atoms in total. The van der Waals surface area contributed by atoms with Gasteiger partial charge in [-0.1, -0.05) is 18.5 Å². The van der Waals surface area contributed by atoms with Gasteiger partial charge >= 0.3 is 0 Å². The number of hydrogen-bond acceptors (Lipinski definition) is 3. The van der Waals surface area contributed by atoms with Crippen LogP contribution in [0.4, 0.5) is 0 Å². The molecule has 3 heterocycles. The number of imidazole rings is 1. The second-order valence-corrected chi connectivity index (χ2v) is 5.62. The van der Waals surface area contributed by atoms with E-state index >= 15 is 0 Å². The zero-order chi connectivity index (χ0) is 13.2. The number of aryl methyl sites for hydroxylation is 1. The molecule has 0 atom stereocenters. The lowest BCUT2D eigenvalue weighted by Gasteiger charge is -2.23. The summed E-state index contributed by atoms with van der Waals surface area (Å²) in [4.78, 5) is 9.13. The molecule has 1 aliphatic rings. The number of hydrogen-bond donors (Lipinski definition) is 1. The highest BCUT2D eigenvalue weighted by molar-refractivity contribution is 6.31. The summed E-state index contributed by atoms with van der Waals surface area (Å²) < 4.78 is 2.28. The van der Waals surface area contributed by atoms with Gasteiger partial charge in [-0.2, -0.15) is 0 Å². The fourth-order valence-corrected chi connectivity index (χ4v) is 2.97. The van der Waals surface area contributed by atoms with Crippen molar-refractivity contribution in [3.63, 3.8) is 0 Å². The van der Waals surface area contributed by atoms with Crippen LogP contribution in [0.2, 0.25) is 5.02 Å². The largest absolute Gasteiger partial charge is 0.317 e. The van der Waals surface area contributed by atoms with Crippen molar-refractivity contribution < 1.29 is 0 Å². The highest BCUT2D eigenvalue weighted by atomic mass is 35.5. The summed E-state index contributed by atoms with van der Waals surface area (Å²) in [5.41, 5.74) is 1.89. The van der Waals surface area contributed by atoms with Crippen molar-refractivity contribution in [2.45, 2.75) is 32.7 Å². The highest BCUT2D eigenvalue weighted by Crippen LogP contribution is 2.22. The Morgan fingerprint density at radius 3 is 2.95 bits per heavy atom. The lowest BCUT2D eigenvalue weighted by atomic mass is 9.98. The molecule has 102 valence electrons. The van der Waals surface area contributed by atoms with E-state index in [0.29, 0.717) is 5.02 Å². The summed E-state index contributed by atoms with van der Waals surface area (Å²) in [6, 6.07) is 1.90. The van der Waals surface area contributed by atoms with E-state index in [2.05, 4.69) is 26.8 Å². The van der Waals surface area contributed by atoms with Crippen LogP contribution in [0, 0.1) is 5.92 Å². The minimum absolute atomic E-state index is 0.654. The van der Waals surface area contributed by atoms with Crippen molar-refractivity contribution >= 4 is 22.8 Å². The third-order valence-electron chi connectivity index (χ3n) is 3.85. The Labute approximate surface area is 118 Å². The molecular formula is C14H19ClN4. The second-order valence-electron chi connectivity index (χ2n) is 5.18. The van der Waals surface area contributed by atoms with Crippen molar-refractivity contribution in [1.82, 2.24) is 19.9 Å². The van der Waals surface area contributed by atoms with Gasteiger partial charge in [-0.25, -0.2) is 9.97 Å². The zero-order valence-corrected chi connectivity index (χ0v) is 12.0. The van der Waals surface area contributed by atoms with Gasteiger partial charge in [-0.15, -0.1) is 0 Å². The molecule has 0 aromatic carbocycles. The molecule has 5 heteroatoms. The molecule has 0 amide bonds. The zero-order valence-electron chi connectivity index (χ0n) is 11.2. The molecule has 0 aliphatic carbocycles. The fraction of sp³-hybridized carbons (Fsp3) is 0.571. The fourth-order valence-electron chi connectivity index (χ4n) is 2.82. The second kappa shape index (κ2) is 5.47. The summed E-state index contributed by atoms with van der Waals surface area (Å²) in [5.74, 6) is 1.84. The minimum Gasteiger partial charge on any atom is -0.317 e. The number of halogens is 1. The van der Waals surface area contributed by atoms with Gasteiger partial charge in [0.05, 0.1) is 5.02 Å². The number of nitrogens with zero attached hydrogens (tertiary/aromatic N) is 3. The molecule has 1 N–H and O–H groups in total. The van der Waals surface area contributed by atoms with Gasteiger partial charge in [0, 0.05) is 19.2 Å². The van der Waals surface area contributed by atoms with Crippen LogP contribution in [0.5, 0.6) is 0 Å². The predicted octanol–water partition coefficient (Wildman–Crippen LogP) is 2.65. The van der Waals surface area contributed by atoms with Crippen LogP contribution >= 0.6 is 11.6 Å². The SMILES string of the molecule is CCc1nc2cc(Cl)cnc2n1CC1CCNCC1. The maximum absolute atomic E-state index is 6.00. The monoisotopic (exact) mass is 278 g/mol. The Bertz CT molecular complexity index is 572. The van der Waals surface area contributed by atoms with E-state index in [4.69, 9.17) is 11.6 Å². The van der Waals surface area contributed by atoms with Gasteiger partial charge in [-0.3, -0.25) is 0 Å². The van der Waals surface area contributed by atoms with E-state index in [1.54, 1.807) is 6.20 Å². The number of pyridine rings is 1. The topological polar surface area (TPSA) is 42.7 Å². The number of fused-ring (bicyclic) bond motifs is 1. The van der Waals surface area contributed by atoms with Crippen LogP contribution in [-0.4, -0.2) is 27.6 Å². The van der Waals surface area contributed by atoms with E-state index in [1.807, 2.05) is 6.07 Å². The summed E-state index contributed by atoms with van der Waals surface area (Å²) in [7, 11) is 0. The molecule has 2 aromatic heterocycles. The van der Waals surface area contributed by atoms with Crippen LogP contribution in [0.25, 0.3) is 11.2 Å². The Kier molecular flexibility index (Phi) is 3.71. The first-order valence-corrected chi connectivity index (χ1v) is 7.37. The van der Waals surface area contributed by atoms with E-state index in [0.717, 1.165) is 49.0 Å². The average Bonchev–Trinajstić information content (AvgIpc) is 2.77. The Hall–Kier alpha value is -1.13. The lowest BCUT2D eigenvalue weighted by molar-refractivity contribution is 0.332. The Morgan fingerprint density at radius 1 is 1.42 bits per heavy atom. The van der Waals surface area contributed by atoms with Crippen molar-refractivity contribution in [2.24, 2.45) is 5.92 Å². The summed E-state index contributed by atoms with van der Waals surface area (Å²) in [6.07, 6.45) is 5.11. The van der Waals surface area contributed by atoms with Gasteiger partial charge < -0.3 is 9.88 Å². The van der Waals surface area contributed by atoms with Crippen LogP contribution in [0.3, 0.4) is 0 Å². The molecule has 3 rings (SSSR count). The van der Waals surface area contributed by atoms with Gasteiger partial charge in [0.25, 0.3) is 0 Å². The molecule has 0 saturated carbocycles. The van der Waals surface area contributed by atoms with Gasteiger partial charge in [0.1, 0.15) is 11.3 Å². The third-order valence-corrected chi connectivity index (χ3v) is 4.05. The predicted molar refractivity (Wildman–Crippen MR) is 77.5 cm³/mol. The van der Waals surface area contributed by atoms with Gasteiger partial charge in [0.2, 0.25) is 0 Å². The first kappa shape index (κ1) is 12.9. The Morgan fingerprint density at radius 2 is 2.21 bits per heavy atom. The van der Waals surface area contributed by atoms with Crippen LogP contribution < -0.4 is 5.32 Å². The number of nitrogens with one attached hydrogen (secondary N) is 1. The average molecular weight is 279 g/mol. The smallest absolute Gasteiger partial charge is 0.160 e. The quantitative estimate of drug-likeness (QED) is 0.939.